The van der Waals surface area contributed by atoms with Gasteiger partial charge in [0.05, 0.1) is 6.04 Å². The van der Waals surface area contributed by atoms with Gasteiger partial charge >= 0.3 is 6.03 Å². The molecule has 0 unspecified atom stereocenters. The predicted octanol–water partition coefficient (Wildman–Crippen LogP) is 2.73. The summed E-state index contributed by atoms with van der Waals surface area (Å²) in [6.07, 6.45) is 0.168. The standard InChI is InChI=1S/C18H20FN3O2/c1-12(22-17(23)10-11-21-18(20)24)13-2-4-14(5-3-13)15-6-8-16(19)9-7-15/h2-9,12H,10-11H2,1H3,(H,22,23)(H3,20,21,24)/t12-/m1/s1. The van der Waals surface area contributed by atoms with Crippen molar-refractivity contribution in [3.63, 3.8) is 0 Å². The quantitative estimate of drug-likeness (QED) is 0.761. The van der Waals surface area contributed by atoms with Gasteiger partial charge in [-0.15, -0.1) is 0 Å². The molecule has 2 rings (SSSR count). The number of nitrogens with one attached hydrogen (secondary N) is 2. The Bertz CT molecular complexity index is 699. The minimum absolute atomic E-state index is 0.159. The van der Waals surface area contributed by atoms with Crippen molar-refractivity contribution in [3.8, 4) is 11.1 Å². The molecule has 5 nitrogen and oxygen atoms in total. The summed E-state index contributed by atoms with van der Waals surface area (Å²) >= 11 is 0. The number of halogens is 1. The molecule has 4 N–H and O–H groups in total. The molecular weight excluding hydrogens is 309 g/mol. The van der Waals surface area contributed by atoms with Crippen molar-refractivity contribution in [3.05, 3.63) is 59.9 Å². The van der Waals surface area contributed by atoms with Gasteiger partial charge in [-0.25, -0.2) is 9.18 Å². The number of benzene rings is 2. The number of primary amides is 1. The van der Waals surface area contributed by atoms with Gasteiger partial charge in [0.25, 0.3) is 0 Å². The van der Waals surface area contributed by atoms with E-state index in [4.69, 9.17) is 5.73 Å². The van der Waals surface area contributed by atoms with Crippen LogP contribution in [0.4, 0.5) is 9.18 Å². The predicted molar refractivity (Wildman–Crippen MR) is 90.6 cm³/mol. The molecule has 0 heterocycles. The van der Waals surface area contributed by atoms with Crippen LogP contribution in [0.25, 0.3) is 11.1 Å². The molecule has 0 aliphatic rings. The number of nitrogens with two attached hydrogens (primary N) is 1. The normalized spacial score (nSPS) is 11.6. The molecule has 0 saturated carbocycles. The van der Waals surface area contributed by atoms with E-state index in [0.29, 0.717) is 0 Å². The van der Waals surface area contributed by atoms with Crippen LogP contribution in [0.15, 0.2) is 48.5 Å². The average Bonchev–Trinajstić information content (AvgIpc) is 2.55. The minimum Gasteiger partial charge on any atom is -0.352 e. The van der Waals surface area contributed by atoms with Gasteiger partial charge in [-0.05, 0) is 35.7 Å². The maximum atomic E-state index is 13.0. The van der Waals surface area contributed by atoms with Crippen LogP contribution in [0.1, 0.15) is 24.9 Å². The summed E-state index contributed by atoms with van der Waals surface area (Å²) in [5.41, 5.74) is 7.80. The highest BCUT2D eigenvalue weighted by atomic mass is 19.1. The maximum Gasteiger partial charge on any atom is 0.312 e. The molecule has 0 radical (unpaired) electrons. The van der Waals surface area contributed by atoms with Crippen LogP contribution in [0, 0.1) is 5.82 Å². The van der Waals surface area contributed by atoms with Gasteiger partial charge in [-0.1, -0.05) is 36.4 Å². The molecule has 0 aliphatic carbocycles. The van der Waals surface area contributed by atoms with Gasteiger partial charge in [0, 0.05) is 13.0 Å². The number of urea groups is 1. The van der Waals surface area contributed by atoms with Gasteiger partial charge in [-0.2, -0.15) is 0 Å². The summed E-state index contributed by atoms with van der Waals surface area (Å²) in [4.78, 5) is 22.3. The first-order valence-corrected chi connectivity index (χ1v) is 7.64. The third-order valence-corrected chi connectivity index (χ3v) is 3.62. The van der Waals surface area contributed by atoms with Crippen molar-refractivity contribution < 1.29 is 14.0 Å². The zero-order valence-corrected chi connectivity index (χ0v) is 13.4. The Morgan fingerprint density at radius 1 is 1.04 bits per heavy atom. The first kappa shape index (κ1) is 17.5. The lowest BCUT2D eigenvalue weighted by Crippen LogP contribution is -2.34. The topological polar surface area (TPSA) is 84.2 Å². The van der Waals surface area contributed by atoms with E-state index in [2.05, 4.69) is 10.6 Å². The Hall–Kier alpha value is -2.89. The van der Waals surface area contributed by atoms with E-state index in [9.17, 15) is 14.0 Å². The van der Waals surface area contributed by atoms with Crippen molar-refractivity contribution in [2.24, 2.45) is 5.73 Å². The Labute approximate surface area is 140 Å². The first-order chi connectivity index (χ1) is 11.5. The zero-order chi connectivity index (χ0) is 17.5. The lowest BCUT2D eigenvalue weighted by atomic mass is 10.0. The zero-order valence-electron chi connectivity index (χ0n) is 13.4. The van der Waals surface area contributed by atoms with Gasteiger partial charge in [0.15, 0.2) is 0 Å². The van der Waals surface area contributed by atoms with E-state index in [1.54, 1.807) is 12.1 Å². The fourth-order valence-electron chi connectivity index (χ4n) is 2.30. The fourth-order valence-corrected chi connectivity index (χ4v) is 2.30. The molecular formula is C18H20FN3O2. The Morgan fingerprint density at radius 2 is 1.58 bits per heavy atom. The second kappa shape index (κ2) is 8.10. The highest BCUT2D eigenvalue weighted by Crippen LogP contribution is 2.22. The van der Waals surface area contributed by atoms with Crippen molar-refractivity contribution in [2.45, 2.75) is 19.4 Å². The molecule has 3 amide bonds. The van der Waals surface area contributed by atoms with Crippen LogP contribution in [-0.2, 0) is 4.79 Å². The van der Waals surface area contributed by atoms with E-state index in [0.717, 1.165) is 16.7 Å². The van der Waals surface area contributed by atoms with Crippen molar-refractivity contribution >= 4 is 11.9 Å². The highest BCUT2D eigenvalue weighted by Gasteiger charge is 2.10. The molecule has 2 aromatic rings. The average molecular weight is 329 g/mol. The second-order valence-corrected chi connectivity index (χ2v) is 5.46. The van der Waals surface area contributed by atoms with Crippen molar-refractivity contribution in [1.29, 1.82) is 0 Å². The van der Waals surface area contributed by atoms with E-state index in [1.807, 2.05) is 31.2 Å². The SMILES string of the molecule is C[C@@H](NC(=O)CCNC(N)=O)c1ccc(-c2ccc(F)cc2)cc1. The van der Waals surface area contributed by atoms with Crippen LogP contribution in [0.3, 0.4) is 0 Å². The first-order valence-electron chi connectivity index (χ1n) is 7.64. The van der Waals surface area contributed by atoms with Crippen molar-refractivity contribution in [2.75, 3.05) is 6.54 Å². The van der Waals surface area contributed by atoms with E-state index in [-0.39, 0.29) is 30.7 Å². The smallest absolute Gasteiger partial charge is 0.312 e. The monoisotopic (exact) mass is 329 g/mol. The van der Waals surface area contributed by atoms with Crippen LogP contribution >= 0.6 is 0 Å². The molecule has 1 atom stereocenters. The molecule has 0 fully saturated rings. The number of carbonyl (C=O) groups excluding carboxylic acids is 2. The lowest BCUT2D eigenvalue weighted by Gasteiger charge is -2.15. The molecule has 2 aromatic carbocycles. The van der Waals surface area contributed by atoms with Gasteiger partial charge in [-0.3, -0.25) is 4.79 Å². The number of amides is 3. The van der Waals surface area contributed by atoms with E-state index in [1.165, 1.54) is 12.1 Å². The lowest BCUT2D eigenvalue weighted by molar-refractivity contribution is -0.121. The molecule has 0 aromatic heterocycles. The van der Waals surface area contributed by atoms with Crippen LogP contribution in [0.5, 0.6) is 0 Å². The Balaban J connectivity index is 1.93. The van der Waals surface area contributed by atoms with Crippen molar-refractivity contribution in [1.82, 2.24) is 10.6 Å². The fraction of sp³-hybridized carbons (Fsp3) is 0.222. The van der Waals surface area contributed by atoms with Crippen LogP contribution in [-0.4, -0.2) is 18.5 Å². The van der Waals surface area contributed by atoms with E-state index >= 15 is 0 Å². The number of carbonyl (C=O) groups is 2. The Morgan fingerprint density at radius 3 is 2.12 bits per heavy atom. The van der Waals surface area contributed by atoms with E-state index < -0.39 is 6.03 Å². The van der Waals surface area contributed by atoms with Crippen LogP contribution < -0.4 is 16.4 Å². The summed E-state index contributed by atoms with van der Waals surface area (Å²) in [7, 11) is 0. The van der Waals surface area contributed by atoms with Crippen LogP contribution in [0.2, 0.25) is 0 Å². The number of hydrogen-bond donors (Lipinski definition) is 3. The molecule has 6 heteroatoms. The molecule has 126 valence electrons. The summed E-state index contributed by atoms with van der Waals surface area (Å²) in [5.74, 6) is -0.434. The third-order valence-electron chi connectivity index (χ3n) is 3.62. The van der Waals surface area contributed by atoms with Gasteiger partial charge in [0.1, 0.15) is 5.82 Å². The molecule has 0 spiro atoms. The summed E-state index contributed by atoms with van der Waals surface area (Å²) in [6.45, 7) is 2.09. The Kier molecular flexibility index (Phi) is 5.89. The summed E-state index contributed by atoms with van der Waals surface area (Å²) < 4.78 is 13.0. The molecule has 0 saturated heterocycles. The molecule has 0 bridgehead atoms. The minimum atomic E-state index is -0.646. The second-order valence-electron chi connectivity index (χ2n) is 5.46. The molecule has 0 aliphatic heterocycles. The van der Waals surface area contributed by atoms with Gasteiger partial charge < -0.3 is 16.4 Å². The molecule has 24 heavy (non-hydrogen) atoms. The maximum absolute atomic E-state index is 13.0. The van der Waals surface area contributed by atoms with Gasteiger partial charge in [0.2, 0.25) is 5.91 Å². The summed E-state index contributed by atoms with van der Waals surface area (Å²) in [6, 6.07) is 13.2. The number of hydrogen-bond acceptors (Lipinski definition) is 2. The third kappa shape index (κ3) is 5.08. The largest absolute Gasteiger partial charge is 0.352 e. The number of rotatable bonds is 6. The highest BCUT2D eigenvalue weighted by molar-refractivity contribution is 5.78. The summed E-state index contributed by atoms with van der Waals surface area (Å²) in [5, 5.41) is 5.23.